The zero-order valence-corrected chi connectivity index (χ0v) is 27.3. The van der Waals surface area contributed by atoms with Gasteiger partial charge in [-0.1, -0.05) is 45.0 Å². The molecule has 0 aliphatic heterocycles. The zero-order valence-electron chi connectivity index (χ0n) is 26.5. The van der Waals surface area contributed by atoms with E-state index in [0.29, 0.717) is 0 Å². The maximum Gasteiger partial charge on any atom is 0.137 e. The fraction of sp³-hybridized carbons (Fsp3) is 0.179. The quantitative estimate of drug-likeness (QED) is 0.176. The molecule has 7 rings (SSSR count). The van der Waals surface area contributed by atoms with Crippen molar-refractivity contribution in [3.63, 3.8) is 0 Å². The Morgan fingerprint density at radius 2 is 1.51 bits per heavy atom. The molecule has 0 saturated carbocycles. The molecule has 0 amide bonds. The Labute approximate surface area is 268 Å². The van der Waals surface area contributed by atoms with Crippen LogP contribution >= 0.6 is 11.8 Å². The summed E-state index contributed by atoms with van der Waals surface area (Å²) in [7, 11) is 0. The number of fused-ring (bicyclic) bond motifs is 3. The SMILES string of the molecule is CSc1cc(C)c(-c2cnn(-c3cccc(Oc4ccc5c6ccccc6n(-c6cc(C(C)(C)C)ccn6)c5c4)c3)c2)c(C)c1. The van der Waals surface area contributed by atoms with Gasteiger partial charge in [0, 0.05) is 45.8 Å². The highest BCUT2D eigenvalue weighted by Gasteiger charge is 2.18. The summed E-state index contributed by atoms with van der Waals surface area (Å²) in [4.78, 5) is 6.09. The Kier molecular flexibility index (Phi) is 7.25. The summed E-state index contributed by atoms with van der Waals surface area (Å²) in [5.41, 5.74) is 9.21. The predicted molar refractivity (Wildman–Crippen MR) is 188 cm³/mol. The van der Waals surface area contributed by atoms with E-state index in [-0.39, 0.29) is 5.41 Å². The van der Waals surface area contributed by atoms with E-state index in [1.165, 1.54) is 32.5 Å². The van der Waals surface area contributed by atoms with Crippen LogP contribution in [0.5, 0.6) is 11.5 Å². The Hall–Kier alpha value is -4.81. The Morgan fingerprint density at radius 3 is 2.29 bits per heavy atom. The number of hydrogen-bond donors (Lipinski definition) is 0. The number of nitrogens with zero attached hydrogens (tertiary/aromatic N) is 4. The van der Waals surface area contributed by atoms with Crippen LogP contribution in [0.15, 0.2) is 114 Å². The lowest BCUT2D eigenvalue weighted by Crippen LogP contribution is -2.12. The van der Waals surface area contributed by atoms with E-state index in [2.05, 4.69) is 118 Å². The van der Waals surface area contributed by atoms with Crippen LogP contribution in [0.4, 0.5) is 0 Å². The number of para-hydroxylation sites is 1. The summed E-state index contributed by atoms with van der Waals surface area (Å²) < 4.78 is 10.6. The van der Waals surface area contributed by atoms with Crippen molar-refractivity contribution in [3.05, 3.63) is 126 Å². The van der Waals surface area contributed by atoms with Crippen molar-refractivity contribution in [1.82, 2.24) is 19.3 Å². The molecular formula is C39H36N4OS. The van der Waals surface area contributed by atoms with Crippen LogP contribution < -0.4 is 4.74 Å². The third kappa shape index (κ3) is 5.40. The van der Waals surface area contributed by atoms with Gasteiger partial charge < -0.3 is 4.74 Å². The number of pyridine rings is 1. The second-order valence-corrected chi connectivity index (χ2v) is 13.5. The highest BCUT2D eigenvalue weighted by Crippen LogP contribution is 2.36. The Balaban J connectivity index is 1.24. The molecule has 0 bridgehead atoms. The average molecular weight is 609 g/mol. The molecule has 0 spiro atoms. The highest BCUT2D eigenvalue weighted by molar-refractivity contribution is 7.98. The molecule has 0 fully saturated rings. The zero-order chi connectivity index (χ0) is 31.3. The van der Waals surface area contributed by atoms with Gasteiger partial charge >= 0.3 is 0 Å². The largest absolute Gasteiger partial charge is 0.457 e. The normalized spacial score (nSPS) is 11.9. The smallest absolute Gasteiger partial charge is 0.137 e. The summed E-state index contributed by atoms with van der Waals surface area (Å²) in [6.45, 7) is 11.0. The van der Waals surface area contributed by atoms with E-state index in [4.69, 9.17) is 14.8 Å². The van der Waals surface area contributed by atoms with Crippen molar-refractivity contribution in [2.45, 2.75) is 44.9 Å². The monoisotopic (exact) mass is 608 g/mol. The molecule has 0 N–H and O–H groups in total. The van der Waals surface area contributed by atoms with Crippen LogP contribution in [-0.4, -0.2) is 25.6 Å². The molecule has 0 aliphatic carbocycles. The molecule has 4 aromatic carbocycles. The van der Waals surface area contributed by atoms with Crippen LogP contribution in [0, 0.1) is 13.8 Å². The molecule has 0 aliphatic rings. The lowest BCUT2D eigenvalue weighted by molar-refractivity contribution is 0.483. The molecule has 3 heterocycles. The number of benzene rings is 4. The van der Waals surface area contributed by atoms with E-state index in [0.717, 1.165) is 45.0 Å². The summed E-state index contributed by atoms with van der Waals surface area (Å²) in [6, 6.07) is 31.7. The molecule has 0 atom stereocenters. The average Bonchev–Trinajstić information content (AvgIpc) is 3.63. The molecular weight excluding hydrogens is 573 g/mol. The number of aryl methyl sites for hydroxylation is 2. The second-order valence-electron chi connectivity index (χ2n) is 12.6. The number of aromatic nitrogens is 4. The summed E-state index contributed by atoms with van der Waals surface area (Å²) >= 11 is 1.77. The number of hydrogen-bond acceptors (Lipinski definition) is 4. The minimum atomic E-state index is 0.0155. The van der Waals surface area contributed by atoms with E-state index >= 15 is 0 Å². The molecule has 6 heteroatoms. The van der Waals surface area contributed by atoms with Crippen LogP contribution in [-0.2, 0) is 5.41 Å². The Bertz CT molecular complexity index is 2180. The van der Waals surface area contributed by atoms with E-state index in [1.807, 2.05) is 41.3 Å². The molecule has 7 aromatic rings. The van der Waals surface area contributed by atoms with Crippen molar-refractivity contribution >= 4 is 33.6 Å². The molecule has 0 unspecified atom stereocenters. The van der Waals surface area contributed by atoms with Gasteiger partial charge in [-0.25, -0.2) is 9.67 Å². The molecule has 0 radical (unpaired) electrons. The van der Waals surface area contributed by atoms with Gasteiger partial charge in [-0.15, -0.1) is 11.8 Å². The van der Waals surface area contributed by atoms with Crippen LogP contribution in [0.2, 0.25) is 0 Å². The van der Waals surface area contributed by atoms with Gasteiger partial charge in [-0.05, 0) is 102 Å². The van der Waals surface area contributed by atoms with Crippen molar-refractivity contribution < 1.29 is 4.74 Å². The first-order valence-electron chi connectivity index (χ1n) is 15.2. The topological polar surface area (TPSA) is 44.9 Å². The number of ether oxygens (including phenoxy) is 1. The molecule has 5 nitrogen and oxygen atoms in total. The standard InChI is InChI=1S/C39H36N4OS/c1-25-18-32(45-6)19-26(2)38(25)27-23-41-42(24-27)29-10-9-11-30(21-29)44-31-14-15-34-33-12-7-8-13-35(33)43(36(34)22-31)37-20-28(16-17-40-37)39(3,4)5/h7-24H,1-6H3. The van der Waals surface area contributed by atoms with Gasteiger partial charge in [0.05, 0.1) is 22.9 Å². The van der Waals surface area contributed by atoms with E-state index in [9.17, 15) is 0 Å². The first kappa shape index (κ1) is 28.9. The van der Waals surface area contributed by atoms with Gasteiger partial charge in [-0.2, -0.15) is 5.10 Å². The van der Waals surface area contributed by atoms with Crippen molar-refractivity contribution in [3.8, 4) is 34.1 Å². The van der Waals surface area contributed by atoms with Gasteiger partial charge in [0.1, 0.15) is 17.3 Å². The van der Waals surface area contributed by atoms with Gasteiger partial charge in [0.2, 0.25) is 0 Å². The van der Waals surface area contributed by atoms with Crippen LogP contribution in [0.1, 0.15) is 37.5 Å². The third-order valence-corrected chi connectivity index (χ3v) is 9.12. The molecule has 45 heavy (non-hydrogen) atoms. The van der Waals surface area contributed by atoms with Gasteiger partial charge in [0.15, 0.2) is 0 Å². The minimum absolute atomic E-state index is 0.0155. The predicted octanol–water partition coefficient (Wildman–Crippen LogP) is 10.5. The Morgan fingerprint density at radius 1 is 0.756 bits per heavy atom. The highest BCUT2D eigenvalue weighted by atomic mass is 32.2. The van der Waals surface area contributed by atoms with Crippen molar-refractivity contribution in [2.75, 3.05) is 6.26 Å². The van der Waals surface area contributed by atoms with Gasteiger partial charge in [-0.3, -0.25) is 4.57 Å². The maximum absolute atomic E-state index is 6.49. The maximum atomic E-state index is 6.49. The van der Waals surface area contributed by atoms with E-state index in [1.54, 1.807) is 11.8 Å². The fourth-order valence-corrected chi connectivity index (χ4v) is 6.77. The van der Waals surface area contributed by atoms with E-state index < -0.39 is 0 Å². The summed E-state index contributed by atoms with van der Waals surface area (Å²) in [5.74, 6) is 2.41. The van der Waals surface area contributed by atoms with Crippen molar-refractivity contribution in [1.29, 1.82) is 0 Å². The summed E-state index contributed by atoms with van der Waals surface area (Å²) in [5, 5.41) is 7.07. The van der Waals surface area contributed by atoms with Crippen LogP contribution in [0.3, 0.4) is 0 Å². The second kappa shape index (κ2) is 11.3. The van der Waals surface area contributed by atoms with Crippen LogP contribution in [0.25, 0.3) is 44.4 Å². The fourth-order valence-electron chi connectivity index (χ4n) is 6.18. The molecule has 3 aromatic heterocycles. The van der Waals surface area contributed by atoms with Crippen molar-refractivity contribution in [2.24, 2.45) is 0 Å². The van der Waals surface area contributed by atoms with Gasteiger partial charge in [0.25, 0.3) is 0 Å². The lowest BCUT2D eigenvalue weighted by Gasteiger charge is -2.20. The minimum Gasteiger partial charge on any atom is -0.457 e. The number of thioether (sulfide) groups is 1. The first-order chi connectivity index (χ1) is 21.7. The first-order valence-corrected chi connectivity index (χ1v) is 16.4. The lowest BCUT2D eigenvalue weighted by atomic mass is 9.88. The molecule has 0 saturated heterocycles. The number of rotatable bonds is 6. The summed E-state index contributed by atoms with van der Waals surface area (Å²) in [6.07, 6.45) is 8.06. The molecule has 224 valence electrons. The third-order valence-electron chi connectivity index (χ3n) is 8.42.